The highest BCUT2D eigenvalue weighted by Crippen LogP contribution is 2.46. The van der Waals surface area contributed by atoms with Gasteiger partial charge in [-0.25, -0.2) is 0 Å². The second-order valence-electron chi connectivity index (χ2n) is 15.2. The highest BCUT2D eigenvalue weighted by Gasteiger charge is 2.19. The van der Waals surface area contributed by atoms with Crippen LogP contribution in [0.5, 0.6) is 0 Å². The fourth-order valence-corrected chi connectivity index (χ4v) is 10.1. The van der Waals surface area contributed by atoms with E-state index in [0.717, 1.165) is 0 Å². The minimum absolute atomic E-state index is 1.17. The topological polar surface area (TPSA) is 9.86 Å². The highest BCUT2D eigenvalue weighted by molar-refractivity contribution is 6.40. The monoisotopic (exact) mass is 708 g/mol. The van der Waals surface area contributed by atoms with Crippen LogP contribution >= 0.6 is 0 Å². The fourth-order valence-electron chi connectivity index (χ4n) is 10.1. The Morgan fingerprint density at radius 3 is 1.18 bits per heavy atom. The molecule has 11 aromatic carbocycles. The first-order valence-corrected chi connectivity index (χ1v) is 19.4. The van der Waals surface area contributed by atoms with Crippen LogP contribution in [0.4, 0.5) is 0 Å². The van der Waals surface area contributed by atoms with E-state index in [9.17, 15) is 0 Å². The van der Waals surface area contributed by atoms with Gasteiger partial charge in [0.05, 0.1) is 22.1 Å². The summed E-state index contributed by atoms with van der Waals surface area (Å²) in [4.78, 5) is 0. The molecule has 258 valence electrons. The summed E-state index contributed by atoms with van der Waals surface area (Å²) in [5.41, 5.74) is 9.64. The van der Waals surface area contributed by atoms with Gasteiger partial charge < -0.3 is 9.13 Å². The van der Waals surface area contributed by atoms with Gasteiger partial charge in [0.15, 0.2) is 0 Å². The van der Waals surface area contributed by atoms with E-state index < -0.39 is 0 Å². The lowest BCUT2D eigenvalue weighted by Crippen LogP contribution is -1.95. The first kappa shape index (κ1) is 30.0. The summed E-state index contributed by atoms with van der Waals surface area (Å²) in [5.74, 6) is 0. The van der Waals surface area contributed by atoms with Crippen LogP contribution in [-0.2, 0) is 0 Å². The lowest BCUT2D eigenvalue weighted by molar-refractivity contribution is 1.18. The Hall–Kier alpha value is -7.42. The van der Waals surface area contributed by atoms with Crippen molar-refractivity contribution in [3.8, 4) is 22.5 Å². The van der Waals surface area contributed by atoms with Crippen LogP contribution in [0, 0.1) is 0 Å². The first-order valence-electron chi connectivity index (χ1n) is 19.4. The Bertz CT molecular complexity index is 3750. The second-order valence-corrected chi connectivity index (χ2v) is 15.2. The third-order valence-corrected chi connectivity index (χ3v) is 12.4. The predicted molar refractivity (Wildman–Crippen MR) is 239 cm³/mol. The van der Waals surface area contributed by atoms with Gasteiger partial charge in [0.1, 0.15) is 0 Å². The average molecular weight is 709 g/mol. The van der Waals surface area contributed by atoms with E-state index in [1.807, 2.05) is 0 Å². The van der Waals surface area contributed by atoms with Crippen LogP contribution < -0.4 is 0 Å². The maximum Gasteiger partial charge on any atom is 0.0541 e. The van der Waals surface area contributed by atoms with Crippen molar-refractivity contribution < 1.29 is 0 Å². The number of nitrogens with zero attached hydrogens (tertiary/aromatic N) is 2. The summed E-state index contributed by atoms with van der Waals surface area (Å²) in [6.45, 7) is 0. The summed E-state index contributed by atoms with van der Waals surface area (Å²) in [7, 11) is 0. The third-order valence-electron chi connectivity index (χ3n) is 12.4. The molecule has 0 spiro atoms. The zero-order valence-electron chi connectivity index (χ0n) is 30.4. The van der Waals surface area contributed by atoms with Gasteiger partial charge in [-0.2, -0.15) is 0 Å². The summed E-state index contributed by atoms with van der Waals surface area (Å²) in [5, 5.41) is 18.2. The molecule has 0 unspecified atom stereocenters. The van der Waals surface area contributed by atoms with Gasteiger partial charge in [-0.1, -0.05) is 133 Å². The first-order chi connectivity index (χ1) is 27.8. The van der Waals surface area contributed by atoms with Gasteiger partial charge in [0, 0.05) is 32.9 Å². The lowest BCUT2D eigenvalue weighted by atomic mass is 9.86. The molecule has 0 aliphatic rings. The Labute approximate surface area is 322 Å². The van der Waals surface area contributed by atoms with Crippen molar-refractivity contribution in [1.82, 2.24) is 9.13 Å². The van der Waals surface area contributed by atoms with Crippen molar-refractivity contribution in [2.75, 3.05) is 0 Å². The number of hydrogen-bond acceptors (Lipinski definition) is 0. The third kappa shape index (κ3) is 3.95. The molecule has 2 nitrogen and oxygen atoms in total. The molecule has 56 heavy (non-hydrogen) atoms. The predicted octanol–water partition coefficient (Wildman–Crippen LogP) is 14.8. The summed E-state index contributed by atoms with van der Waals surface area (Å²) in [6, 6.07) is 71.9. The molecule has 2 heteroatoms. The average Bonchev–Trinajstić information content (AvgIpc) is 3.78. The van der Waals surface area contributed by atoms with E-state index in [0.29, 0.717) is 0 Å². The lowest BCUT2D eigenvalue weighted by Gasteiger charge is -2.18. The minimum atomic E-state index is 1.17. The Kier molecular flexibility index (Phi) is 5.92. The molecule has 0 aliphatic heterocycles. The van der Waals surface area contributed by atoms with E-state index in [-0.39, 0.29) is 0 Å². The van der Waals surface area contributed by atoms with Crippen LogP contribution in [0.15, 0.2) is 194 Å². The Morgan fingerprint density at radius 1 is 0.214 bits per heavy atom. The van der Waals surface area contributed by atoms with Gasteiger partial charge in [-0.3, -0.25) is 0 Å². The Morgan fingerprint density at radius 2 is 0.625 bits per heavy atom. The molecule has 2 heterocycles. The van der Waals surface area contributed by atoms with E-state index in [1.54, 1.807) is 0 Å². The maximum atomic E-state index is 2.46. The fraction of sp³-hybridized carbons (Fsp3) is 0. The molecule has 0 saturated carbocycles. The van der Waals surface area contributed by atoms with E-state index >= 15 is 0 Å². The number of benzene rings is 11. The molecule has 0 aliphatic carbocycles. The van der Waals surface area contributed by atoms with Gasteiger partial charge in [0.25, 0.3) is 0 Å². The van der Waals surface area contributed by atoms with Crippen LogP contribution in [0.25, 0.3) is 120 Å². The van der Waals surface area contributed by atoms with Crippen molar-refractivity contribution in [3.05, 3.63) is 194 Å². The maximum absolute atomic E-state index is 2.46. The molecule has 0 bridgehead atoms. The summed E-state index contributed by atoms with van der Waals surface area (Å²) in [6.07, 6.45) is 0. The Balaban J connectivity index is 1.03. The van der Waals surface area contributed by atoms with Crippen molar-refractivity contribution >= 4 is 97.5 Å². The van der Waals surface area contributed by atoms with Crippen molar-refractivity contribution in [2.24, 2.45) is 0 Å². The molecule has 13 aromatic rings. The van der Waals surface area contributed by atoms with Crippen molar-refractivity contribution in [1.29, 1.82) is 0 Å². The summed E-state index contributed by atoms with van der Waals surface area (Å²) >= 11 is 0. The molecule has 0 fully saturated rings. The molecular weight excluding hydrogens is 677 g/mol. The van der Waals surface area contributed by atoms with Crippen LogP contribution in [0.1, 0.15) is 0 Å². The molecule has 0 amide bonds. The number of fused-ring (bicyclic) bond motifs is 12. The van der Waals surface area contributed by atoms with Gasteiger partial charge >= 0.3 is 0 Å². The highest BCUT2D eigenvalue weighted by atomic mass is 15.0. The van der Waals surface area contributed by atoms with Crippen molar-refractivity contribution in [3.63, 3.8) is 0 Å². The van der Waals surface area contributed by atoms with E-state index in [4.69, 9.17) is 0 Å². The molecule has 0 saturated heterocycles. The molecule has 0 radical (unpaired) electrons. The number of para-hydroxylation sites is 3. The largest absolute Gasteiger partial charge is 0.309 e. The molecular formula is C54H32N2. The van der Waals surface area contributed by atoms with Crippen LogP contribution in [0.3, 0.4) is 0 Å². The minimum Gasteiger partial charge on any atom is -0.309 e. The van der Waals surface area contributed by atoms with Crippen molar-refractivity contribution in [2.45, 2.75) is 0 Å². The van der Waals surface area contributed by atoms with E-state index in [2.05, 4.69) is 203 Å². The van der Waals surface area contributed by atoms with Crippen LogP contribution in [-0.4, -0.2) is 9.13 Å². The number of rotatable bonds is 3. The van der Waals surface area contributed by atoms with Gasteiger partial charge in [-0.15, -0.1) is 0 Å². The normalized spacial score (nSPS) is 12.3. The smallest absolute Gasteiger partial charge is 0.0541 e. The van der Waals surface area contributed by atoms with Gasteiger partial charge in [-0.05, 0) is 126 Å². The standard InChI is InChI=1S/C54H32N2/c1-2-12-35(13-3-1)55-49-22-8-6-16-40(49)47-30-33(24-28-51(47)55)34-25-29-52-48(31-34)41-17-7-9-23-50(41)56(52)36-26-27-39-44-20-10-18-42-37-14-4-5-15-38(37)43-19-11-21-45(46(39)32-36)54(43)53(42)44/h1-32H. The number of hydrogen-bond donors (Lipinski definition) is 0. The quantitative estimate of drug-likeness (QED) is 0.128. The zero-order valence-corrected chi connectivity index (χ0v) is 30.4. The SMILES string of the molecule is c1ccc(-n2c3ccccc3c3cc(-c4ccc5c(c4)c4ccccc4n5-c4ccc5c(c4)c4cccc6c7ccccc7c7cccc5c7c64)ccc32)cc1. The molecule has 2 aromatic heterocycles. The zero-order chi connectivity index (χ0) is 36.5. The van der Waals surface area contributed by atoms with E-state index in [1.165, 1.54) is 120 Å². The number of aromatic nitrogens is 2. The van der Waals surface area contributed by atoms with Crippen LogP contribution in [0.2, 0.25) is 0 Å². The van der Waals surface area contributed by atoms with Gasteiger partial charge in [0.2, 0.25) is 0 Å². The second kappa shape index (κ2) is 11.1. The molecule has 0 atom stereocenters. The molecule has 13 rings (SSSR count). The molecule has 0 N–H and O–H groups in total. The summed E-state index contributed by atoms with van der Waals surface area (Å²) < 4.78 is 4.84.